The average Bonchev–Trinajstić information content (AvgIpc) is 2.78. The van der Waals surface area contributed by atoms with E-state index in [9.17, 15) is 0 Å². The molecule has 0 aliphatic carbocycles. The maximum absolute atomic E-state index is 5.56. The maximum Gasteiger partial charge on any atom is 0.0971 e. The summed E-state index contributed by atoms with van der Waals surface area (Å²) in [7, 11) is 0. The highest BCUT2D eigenvalue weighted by atomic mass is 32.1. The summed E-state index contributed by atoms with van der Waals surface area (Å²) in [5.41, 5.74) is 5.56. The van der Waals surface area contributed by atoms with E-state index < -0.39 is 0 Å². The Morgan fingerprint density at radius 2 is 2.50 bits per heavy atom. The van der Waals surface area contributed by atoms with Crippen molar-refractivity contribution in [3.05, 3.63) is 16.1 Å². The SMILES string of the molecule is CCN1CCCC(c2ncc(CCN)s2)C1. The fourth-order valence-corrected chi connectivity index (χ4v) is 3.37. The minimum Gasteiger partial charge on any atom is -0.330 e. The highest BCUT2D eigenvalue weighted by molar-refractivity contribution is 7.11. The van der Waals surface area contributed by atoms with E-state index in [1.165, 1.54) is 35.8 Å². The van der Waals surface area contributed by atoms with E-state index in [-0.39, 0.29) is 0 Å². The molecule has 0 spiro atoms. The number of aromatic nitrogens is 1. The van der Waals surface area contributed by atoms with Gasteiger partial charge in [-0.15, -0.1) is 11.3 Å². The molecule has 2 rings (SSSR count). The molecule has 0 saturated carbocycles. The van der Waals surface area contributed by atoms with Crippen LogP contribution in [0.2, 0.25) is 0 Å². The largest absolute Gasteiger partial charge is 0.330 e. The fraction of sp³-hybridized carbons (Fsp3) is 0.750. The molecule has 16 heavy (non-hydrogen) atoms. The van der Waals surface area contributed by atoms with Crippen LogP contribution in [0.4, 0.5) is 0 Å². The van der Waals surface area contributed by atoms with E-state index >= 15 is 0 Å². The van der Waals surface area contributed by atoms with Gasteiger partial charge in [-0.05, 0) is 38.9 Å². The van der Waals surface area contributed by atoms with E-state index in [2.05, 4.69) is 16.8 Å². The topological polar surface area (TPSA) is 42.2 Å². The first-order valence-corrected chi connectivity index (χ1v) is 7.02. The number of rotatable bonds is 4. The number of nitrogens with zero attached hydrogens (tertiary/aromatic N) is 2. The van der Waals surface area contributed by atoms with Crippen LogP contribution in [0, 0.1) is 0 Å². The Morgan fingerprint density at radius 3 is 3.25 bits per heavy atom. The van der Waals surface area contributed by atoms with Gasteiger partial charge in [-0.25, -0.2) is 4.98 Å². The molecule has 1 aromatic rings. The molecule has 90 valence electrons. The molecule has 1 aromatic heterocycles. The van der Waals surface area contributed by atoms with Crippen LogP contribution < -0.4 is 5.73 Å². The lowest BCUT2D eigenvalue weighted by Gasteiger charge is -2.30. The third-order valence-electron chi connectivity index (χ3n) is 3.26. The van der Waals surface area contributed by atoms with Crippen molar-refractivity contribution in [2.45, 2.75) is 32.1 Å². The van der Waals surface area contributed by atoms with E-state index in [0.717, 1.165) is 19.5 Å². The molecule has 0 aromatic carbocycles. The first kappa shape index (κ1) is 12.0. The molecule has 3 nitrogen and oxygen atoms in total. The third kappa shape index (κ3) is 2.81. The van der Waals surface area contributed by atoms with Gasteiger partial charge in [-0.2, -0.15) is 0 Å². The zero-order chi connectivity index (χ0) is 11.4. The standard InChI is InChI=1S/C12H21N3S/c1-2-15-7-3-4-10(9-15)12-14-8-11(16-12)5-6-13/h8,10H,2-7,9,13H2,1H3. The van der Waals surface area contributed by atoms with Gasteiger partial charge < -0.3 is 10.6 Å². The monoisotopic (exact) mass is 239 g/mol. The van der Waals surface area contributed by atoms with Gasteiger partial charge in [0.05, 0.1) is 5.01 Å². The van der Waals surface area contributed by atoms with Gasteiger partial charge in [-0.1, -0.05) is 6.92 Å². The first-order valence-electron chi connectivity index (χ1n) is 6.20. The predicted octanol–water partition coefficient (Wildman–Crippen LogP) is 1.84. The lowest BCUT2D eigenvalue weighted by atomic mass is 9.99. The fourth-order valence-electron chi connectivity index (χ4n) is 2.31. The molecular weight excluding hydrogens is 218 g/mol. The Morgan fingerprint density at radius 1 is 1.62 bits per heavy atom. The van der Waals surface area contributed by atoms with Crippen LogP contribution in [0.3, 0.4) is 0 Å². The summed E-state index contributed by atoms with van der Waals surface area (Å²) in [6.07, 6.45) is 5.59. The van der Waals surface area contributed by atoms with Gasteiger partial charge >= 0.3 is 0 Å². The van der Waals surface area contributed by atoms with Crippen LogP contribution in [0.1, 0.15) is 35.6 Å². The Labute approximate surface area is 102 Å². The smallest absolute Gasteiger partial charge is 0.0971 e. The molecule has 2 N–H and O–H groups in total. The molecule has 0 bridgehead atoms. The zero-order valence-corrected chi connectivity index (χ0v) is 10.8. The van der Waals surface area contributed by atoms with Gasteiger partial charge in [0.15, 0.2) is 0 Å². The molecule has 1 saturated heterocycles. The molecular formula is C12H21N3S. The van der Waals surface area contributed by atoms with Crippen LogP contribution >= 0.6 is 11.3 Å². The summed E-state index contributed by atoms with van der Waals surface area (Å²) in [6, 6.07) is 0. The lowest BCUT2D eigenvalue weighted by molar-refractivity contribution is 0.218. The first-order chi connectivity index (χ1) is 7.83. The Kier molecular flexibility index (Phi) is 4.32. The number of likely N-dealkylation sites (N-methyl/N-ethyl adjacent to an activating group) is 1. The van der Waals surface area contributed by atoms with Gasteiger partial charge in [0.25, 0.3) is 0 Å². The van der Waals surface area contributed by atoms with Crippen molar-refractivity contribution >= 4 is 11.3 Å². The molecule has 0 amide bonds. The number of hydrogen-bond donors (Lipinski definition) is 1. The minimum atomic E-state index is 0.658. The number of piperidine rings is 1. The summed E-state index contributed by atoms with van der Waals surface area (Å²) in [6.45, 7) is 6.58. The van der Waals surface area contributed by atoms with Crippen molar-refractivity contribution in [1.29, 1.82) is 0 Å². The van der Waals surface area contributed by atoms with Gasteiger partial charge in [-0.3, -0.25) is 0 Å². The third-order valence-corrected chi connectivity index (χ3v) is 4.48. The van der Waals surface area contributed by atoms with E-state index in [0.29, 0.717) is 5.92 Å². The van der Waals surface area contributed by atoms with Gasteiger partial charge in [0.1, 0.15) is 0 Å². The number of nitrogens with two attached hydrogens (primary N) is 1. The van der Waals surface area contributed by atoms with Crippen molar-refractivity contribution in [3.63, 3.8) is 0 Å². The normalized spacial score (nSPS) is 22.5. The predicted molar refractivity (Wildman–Crippen MR) is 69.0 cm³/mol. The molecule has 1 unspecified atom stereocenters. The molecule has 1 aliphatic rings. The quantitative estimate of drug-likeness (QED) is 0.872. The Hall–Kier alpha value is -0.450. The van der Waals surface area contributed by atoms with E-state index in [1.807, 2.05) is 17.5 Å². The van der Waals surface area contributed by atoms with Crippen molar-refractivity contribution < 1.29 is 0 Å². The average molecular weight is 239 g/mol. The second kappa shape index (κ2) is 5.75. The van der Waals surface area contributed by atoms with E-state index in [1.54, 1.807) is 0 Å². The van der Waals surface area contributed by atoms with Crippen molar-refractivity contribution in [3.8, 4) is 0 Å². The second-order valence-corrected chi connectivity index (χ2v) is 5.58. The highest BCUT2D eigenvalue weighted by Crippen LogP contribution is 2.29. The highest BCUT2D eigenvalue weighted by Gasteiger charge is 2.22. The molecule has 1 aliphatic heterocycles. The summed E-state index contributed by atoms with van der Waals surface area (Å²) in [5, 5.41) is 1.32. The number of thiazole rings is 1. The maximum atomic E-state index is 5.56. The number of likely N-dealkylation sites (tertiary alicyclic amines) is 1. The molecule has 0 radical (unpaired) electrons. The van der Waals surface area contributed by atoms with Crippen LogP contribution in [0.5, 0.6) is 0 Å². The van der Waals surface area contributed by atoms with Crippen molar-refractivity contribution in [1.82, 2.24) is 9.88 Å². The molecule has 1 atom stereocenters. The van der Waals surface area contributed by atoms with Crippen molar-refractivity contribution in [2.24, 2.45) is 5.73 Å². The lowest BCUT2D eigenvalue weighted by Crippen LogP contribution is -2.33. The zero-order valence-electron chi connectivity index (χ0n) is 9.98. The van der Waals surface area contributed by atoms with Crippen LogP contribution in [-0.2, 0) is 6.42 Å². The molecule has 1 fully saturated rings. The number of hydrogen-bond acceptors (Lipinski definition) is 4. The van der Waals surface area contributed by atoms with Crippen LogP contribution in [0.25, 0.3) is 0 Å². The van der Waals surface area contributed by atoms with Gasteiger partial charge in [0, 0.05) is 23.5 Å². The molecule has 4 heteroatoms. The van der Waals surface area contributed by atoms with Crippen LogP contribution in [-0.4, -0.2) is 36.1 Å². The summed E-state index contributed by atoms with van der Waals surface area (Å²) in [4.78, 5) is 8.43. The van der Waals surface area contributed by atoms with Gasteiger partial charge in [0.2, 0.25) is 0 Å². The Balaban J connectivity index is 1.99. The van der Waals surface area contributed by atoms with Crippen LogP contribution in [0.15, 0.2) is 6.20 Å². The second-order valence-electron chi connectivity index (χ2n) is 4.44. The summed E-state index contributed by atoms with van der Waals surface area (Å²) in [5.74, 6) is 0.658. The summed E-state index contributed by atoms with van der Waals surface area (Å²) >= 11 is 1.86. The summed E-state index contributed by atoms with van der Waals surface area (Å²) < 4.78 is 0. The molecule has 2 heterocycles. The minimum absolute atomic E-state index is 0.658. The Bertz CT molecular complexity index is 324. The van der Waals surface area contributed by atoms with Crippen molar-refractivity contribution in [2.75, 3.05) is 26.2 Å². The van der Waals surface area contributed by atoms with E-state index in [4.69, 9.17) is 5.73 Å².